The smallest absolute Gasteiger partial charge is 0.312 e. The summed E-state index contributed by atoms with van der Waals surface area (Å²) in [6.07, 6.45) is 0.646. The topological polar surface area (TPSA) is 49.4 Å². The molecule has 1 aromatic rings. The number of benzene rings is 1. The predicted octanol–water partition coefficient (Wildman–Crippen LogP) is 5.56. The Bertz CT molecular complexity index is 802. The van der Waals surface area contributed by atoms with Gasteiger partial charge in [-0.1, -0.05) is 65.7 Å². The summed E-state index contributed by atoms with van der Waals surface area (Å²) in [5.74, 6) is 2.52. The zero-order valence-corrected chi connectivity index (χ0v) is 22.9. The van der Waals surface area contributed by atoms with E-state index in [4.69, 9.17) is 0 Å². The summed E-state index contributed by atoms with van der Waals surface area (Å²) in [4.78, 5) is 26.6. The third kappa shape index (κ3) is 6.72. The lowest BCUT2D eigenvalue weighted by molar-refractivity contribution is -0.148. The highest BCUT2D eigenvalue weighted by Gasteiger charge is 2.41. The largest absolute Gasteiger partial charge is 0.347 e. The van der Waals surface area contributed by atoms with Crippen LogP contribution in [0.4, 0.5) is 0 Å². The van der Waals surface area contributed by atoms with Gasteiger partial charge in [-0.3, -0.25) is 9.59 Å². The second kappa shape index (κ2) is 12.3. The van der Waals surface area contributed by atoms with Gasteiger partial charge in [0.2, 0.25) is 0 Å². The number of rotatable bonds is 8. The fourth-order valence-electron chi connectivity index (χ4n) is 5.04. The van der Waals surface area contributed by atoms with Crippen LogP contribution in [0.5, 0.6) is 0 Å². The molecule has 0 aliphatic rings. The third-order valence-electron chi connectivity index (χ3n) is 6.52. The Hall–Kier alpha value is -2.06. The number of nitrogens with zero attached hydrogens (tertiary/aromatic N) is 1. The first kappa shape index (κ1) is 28.0. The van der Waals surface area contributed by atoms with Gasteiger partial charge in [0, 0.05) is 24.2 Å². The van der Waals surface area contributed by atoms with Crippen molar-refractivity contribution in [3.63, 3.8) is 0 Å². The summed E-state index contributed by atoms with van der Waals surface area (Å²) in [7, 11) is -1.81. The zero-order chi connectivity index (χ0) is 24.6. The van der Waals surface area contributed by atoms with Gasteiger partial charge in [0.05, 0.1) is 0 Å². The van der Waals surface area contributed by atoms with Gasteiger partial charge in [0.15, 0.2) is 0 Å². The first-order valence-electron chi connectivity index (χ1n) is 12.1. The van der Waals surface area contributed by atoms with Crippen molar-refractivity contribution in [2.24, 2.45) is 0 Å². The lowest BCUT2D eigenvalue weighted by atomic mass is 10.1. The Morgan fingerprint density at radius 3 is 1.84 bits per heavy atom. The Kier molecular flexibility index (Phi) is 10.7. The van der Waals surface area contributed by atoms with E-state index in [0.29, 0.717) is 29.6 Å². The molecule has 0 unspecified atom stereocenters. The Labute approximate surface area is 197 Å². The summed E-state index contributed by atoms with van der Waals surface area (Å²) >= 11 is 0. The van der Waals surface area contributed by atoms with Gasteiger partial charge in [-0.15, -0.1) is 5.54 Å². The molecule has 0 aromatic heterocycles. The van der Waals surface area contributed by atoms with Gasteiger partial charge < -0.3 is 10.2 Å². The lowest BCUT2D eigenvalue weighted by Crippen LogP contribution is -2.49. The first-order valence-corrected chi connectivity index (χ1v) is 14.3. The van der Waals surface area contributed by atoms with Gasteiger partial charge in [-0.05, 0) is 62.4 Å². The average Bonchev–Trinajstić information content (AvgIpc) is 2.67. The molecular weight excluding hydrogens is 412 g/mol. The SMILES string of the molecule is CC(C)N(C(=O)C(=O)NCCc1ccccc1C#C[Si](C(C)C)(C(C)C)C(C)C)C(C)C. The molecule has 0 spiro atoms. The summed E-state index contributed by atoms with van der Waals surface area (Å²) in [6, 6.07) is 8.12. The van der Waals surface area contributed by atoms with Gasteiger partial charge in [-0.25, -0.2) is 0 Å². The quantitative estimate of drug-likeness (QED) is 0.316. The molecule has 0 aliphatic carbocycles. The highest BCUT2D eigenvalue weighted by molar-refractivity contribution is 6.90. The number of nitrogens with one attached hydrogen (secondary N) is 1. The first-order chi connectivity index (χ1) is 14.9. The van der Waals surface area contributed by atoms with Crippen LogP contribution >= 0.6 is 0 Å². The molecule has 0 fully saturated rings. The highest BCUT2D eigenvalue weighted by atomic mass is 28.3. The molecule has 0 atom stereocenters. The molecular formula is C27H44N2O2Si. The van der Waals surface area contributed by atoms with E-state index < -0.39 is 19.9 Å². The van der Waals surface area contributed by atoms with Crippen molar-refractivity contribution in [2.75, 3.05) is 6.54 Å². The molecule has 32 heavy (non-hydrogen) atoms. The summed E-state index contributed by atoms with van der Waals surface area (Å²) in [5, 5.41) is 2.81. The van der Waals surface area contributed by atoms with Crippen molar-refractivity contribution >= 4 is 19.9 Å². The summed E-state index contributed by atoms with van der Waals surface area (Å²) in [5.41, 5.74) is 7.66. The molecule has 5 heteroatoms. The minimum absolute atomic E-state index is 0.0171. The number of hydrogen-bond donors (Lipinski definition) is 1. The van der Waals surface area contributed by atoms with Crippen molar-refractivity contribution in [1.29, 1.82) is 0 Å². The fourth-order valence-corrected chi connectivity index (χ4v) is 10.3. The van der Waals surface area contributed by atoms with Crippen LogP contribution in [0.15, 0.2) is 24.3 Å². The lowest BCUT2D eigenvalue weighted by Gasteiger charge is -2.38. The number of carbonyl (C=O) groups excluding carboxylic acids is 2. The van der Waals surface area contributed by atoms with E-state index in [1.165, 1.54) is 0 Å². The maximum Gasteiger partial charge on any atom is 0.312 e. The minimum Gasteiger partial charge on any atom is -0.347 e. The second-order valence-electron chi connectivity index (χ2n) is 10.2. The normalized spacial score (nSPS) is 11.8. The Balaban J connectivity index is 3.00. The highest BCUT2D eigenvalue weighted by Crippen LogP contribution is 2.40. The molecule has 178 valence electrons. The van der Waals surface area contributed by atoms with Crippen molar-refractivity contribution < 1.29 is 9.59 Å². The van der Waals surface area contributed by atoms with Crippen LogP contribution in [0.2, 0.25) is 16.6 Å². The molecule has 1 rings (SSSR count). The Morgan fingerprint density at radius 1 is 0.875 bits per heavy atom. The summed E-state index contributed by atoms with van der Waals surface area (Å²) in [6.45, 7) is 22.0. The van der Waals surface area contributed by atoms with Gasteiger partial charge in [0.25, 0.3) is 0 Å². The maximum absolute atomic E-state index is 12.5. The molecule has 0 heterocycles. The standard InChI is InChI=1S/C27H44N2O2Si/c1-19(2)29(20(3)4)27(31)26(30)28-17-15-24-13-11-12-14-25(24)16-18-32(21(5)6,22(7)8)23(9)10/h11-14,19-23H,15,17H2,1-10H3,(H,28,30). The van der Waals surface area contributed by atoms with E-state index >= 15 is 0 Å². The van der Waals surface area contributed by atoms with Crippen molar-refractivity contribution in [3.8, 4) is 11.5 Å². The molecule has 0 saturated carbocycles. The van der Waals surface area contributed by atoms with E-state index in [1.54, 1.807) is 4.90 Å². The minimum atomic E-state index is -1.81. The van der Waals surface area contributed by atoms with E-state index in [1.807, 2.05) is 39.8 Å². The molecule has 1 N–H and O–H groups in total. The van der Waals surface area contributed by atoms with E-state index in [9.17, 15) is 9.59 Å². The van der Waals surface area contributed by atoms with Crippen LogP contribution in [0.1, 0.15) is 80.4 Å². The summed E-state index contributed by atoms with van der Waals surface area (Å²) < 4.78 is 0. The zero-order valence-electron chi connectivity index (χ0n) is 21.9. The van der Waals surface area contributed by atoms with Crippen LogP contribution in [-0.4, -0.2) is 43.4 Å². The molecule has 0 aliphatic heterocycles. The fraction of sp³-hybridized carbons (Fsp3) is 0.630. The van der Waals surface area contributed by atoms with Crippen molar-refractivity contribution in [3.05, 3.63) is 35.4 Å². The van der Waals surface area contributed by atoms with Crippen LogP contribution in [0.25, 0.3) is 0 Å². The third-order valence-corrected chi connectivity index (χ3v) is 12.8. The van der Waals surface area contributed by atoms with Crippen molar-refractivity contribution in [2.45, 2.75) is 104 Å². The Morgan fingerprint density at radius 2 is 1.38 bits per heavy atom. The van der Waals surface area contributed by atoms with E-state index in [-0.39, 0.29) is 12.1 Å². The second-order valence-corrected chi connectivity index (χ2v) is 15.8. The monoisotopic (exact) mass is 456 g/mol. The van der Waals surface area contributed by atoms with Crippen LogP contribution in [-0.2, 0) is 16.0 Å². The van der Waals surface area contributed by atoms with Crippen LogP contribution in [0.3, 0.4) is 0 Å². The van der Waals surface area contributed by atoms with E-state index in [2.05, 4.69) is 70.5 Å². The number of carbonyl (C=O) groups is 2. The van der Waals surface area contributed by atoms with Gasteiger partial charge in [-0.2, -0.15) is 0 Å². The van der Waals surface area contributed by atoms with Crippen LogP contribution in [0, 0.1) is 11.5 Å². The van der Waals surface area contributed by atoms with Crippen molar-refractivity contribution in [1.82, 2.24) is 10.2 Å². The molecule has 0 saturated heterocycles. The number of hydrogen-bond acceptors (Lipinski definition) is 2. The van der Waals surface area contributed by atoms with Crippen LogP contribution < -0.4 is 5.32 Å². The van der Waals surface area contributed by atoms with Gasteiger partial charge in [0.1, 0.15) is 8.07 Å². The number of amides is 2. The molecule has 2 amide bonds. The molecule has 4 nitrogen and oxygen atoms in total. The maximum atomic E-state index is 12.5. The average molecular weight is 457 g/mol. The predicted molar refractivity (Wildman–Crippen MR) is 138 cm³/mol. The molecule has 0 bridgehead atoms. The molecule has 1 aromatic carbocycles. The molecule has 0 radical (unpaired) electrons. The van der Waals surface area contributed by atoms with Gasteiger partial charge >= 0.3 is 11.8 Å². The van der Waals surface area contributed by atoms with E-state index in [0.717, 1.165) is 11.1 Å².